The lowest BCUT2D eigenvalue weighted by Gasteiger charge is -2.31. The first kappa shape index (κ1) is 23.8. The molecule has 0 radical (unpaired) electrons. The average molecular weight is 510 g/mol. The van der Waals surface area contributed by atoms with Crippen LogP contribution >= 0.6 is 22.9 Å². The Hall–Kier alpha value is -2.97. The highest BCUT2D eigenvalue weighted by Crippen LogP contribution is 2.33. The van der Waals surface area contributed by atoms with Gasteiger partial charge in [0.25, 0.3) is 0 Å². The fourth-order valence-corrected chi connectivity index (χ4v) is 5.89. The van der Waals surface area contributed by atoms with Crippen LogP contribution in [0.15, 0.2) is 47.9 Å². The molecule has 0 aliphatic carbocycles. The van der Waals surface area contributed by atoms with Crippen LogP contribution in [0.3, 0.4) is 0 Å². The molecule has 1 aromatic carbocycles. The number of hydrogen-bond donors (Lipinski definition) is 1. The Kier molecular flexibility index (Phi) is 6.51. The summed E-state index contributed by atoms with van der Waals surface area (Å²) in [6, 6.07) is 7.26. The van der Waals surface area contributed by atoms with Gasteiger partial charge in [0.1, 0.15) is 6.04 Å². The lowest BCUT2D eigenvalue weighted by Crippen LogP contribution is -2.53. The van der Waals surface area contributed by atoms with Crippen molar-refractivity contribution in [1.29, 1.82) is 0 Å². The Morgan fingerprint density at radius 3 is 2.66 bits per heavy atom. The van der Waals surface area contributed by atoms with E-state index in [1.165, 1.54) is 6.92 Å². The van der Waals surface area contributed by atoms with Crippen LogP contribution in [0.5, 0.6) is 0 Å². The highest BCUT2D eigenvalue weighted by molar-refractivity contribution is 7.20. The van der Waals surface area contributed by atoms with E-state index in [-0.39, 0.29) is 23.8 Å². The normalized spacial score (nSPS) is 18.8. The minimum Gasteiger partial charge on any atom is -0.344 e. The molecule has 2 atom stereocenters. The van der Waals surface area contributed by atoms with Crippen LogP contribution in [0.2, 0.25) is 5.02 Å². The van der Waals surface area contributed by atoms with Crippen molar-refractivity contribution in [2.24, 2.45) is 10.9 Å². The van der Waals surface area contributed by atoms with Crippen molar-refractivity contribution in [3.63, 3.8) is 0 Å². The van der Waals surface area contributed by atoms with E-state index < -0.39 is 6.04 Å². The molecule has 2 aliphatic rings. The zero-order valence-corrected chi connectivity index (χ0v) is 21.6. The third-order valence-corrected chi connectivity index (χ3v) is 7.88. The third-order valence-electron chi connectivity index (χ3n) is 6.58. The number of hydrogen-bond acceptors (Lipinski definition) is 5. The standard InChI is InChI=1S/C26H28ClN5O2S/c1-15(2)24(29-16(3)33)25(34)32-10-4-5-22(32)20-11-18(12-28-20)21-13-31-14-23(35-26(31)30-21)17-6-8-19(27)9-7-17/h6-9,12-15,22,24H,4-5,10-11H2,1-3H3,(H,29,33)/t22?,24-/m0/s1. The number of amides is 2. The highest BCUT2D eigenvalue weighted by Gasteiger charge is 2.38. The molecule has 0 spiro atoms. The number of carbonyl (C=O) groups is 2. The van der Waals surface area contributed by atoms with E-state index in [1.807, 2.05) is 55.4 Å². The summed E-state index contributed by atoms with van der Waals surface area (Å²) >= 11 is 7.65. The number of rotatable bonds is 6. The lowest BCUT2D eigenvalue weighted by atomic mass is 9.99. The number of nitrogens with one attached hydrogen (secondary N) is 1. The lowest BCUT2D eigenvalue weighted by molar-refractivity contribution is -0.137. The van der Waals surface area contributed by atoms with Gasteiger partial charge in [0.05, 0.1) is 16.6 Å². The number of fused-ring (bicyclic) bond motifs is 1. The maximum Gasteiger partial charge on any atom is 0.245 e. The average Bonchev–Trinajstić information content (AvgIpc) is 3.59. The van der Waals surface area contributed by atoms with Crippen LogP contribution in [0.25, 0.3) is 21.0 Å². The first-order chi connectivity index (χ1) is 16.8. The molecule has 3 aromatic rings. The first-order valence-corrected chi connectivity index (χ1v) is 13.1. The third kappa shape index (κ3) is 4.77. The number of allylic oxidation sites excluding steroid dienone is 1. The summed E-state index contributed by atoms with van der Waals surface area (Å²) in [5, 5.41) is 3.55. The molecule has 0 bridgehead atoms. The molecular weight excluding hydrogens is 482 g/mol. The van der Waals surface area contributed by atoms with Crippen molar-refractivity contribution in [2.45, 2.75) is 52.1 Å². The molecule has 5 rings (SSSR count). The van der Waals surface area contributed by atoms with Crippen LogP contribution in [0, 0.1) is 5.92 Å². The zero-order chi connectivity index (χ0) is 24.7. The molecule has 7 nitrogen and oxygen atoms in total. The van der Waals surface area contributed by atoms with E-state index in [0.29, 0.717) is 13.0 Å². The Balaban J connectivity index is 1.29. The van der Waals surface area contributed by atoms with Crippen LogP contribution in [-0.2, 0) is 9.59 Å². The van der Waals surface area contributed by atoms with Crippen molar-refractivity contribution in [1.82, 2.24) is 19.6 Å². The maximum absolute atomic E-state index is 13.3. The summed E-state index contributed by atoms with van der Waals surface area (Å²) in [6.45, 7) is 6.06. The summed E-state index contributed by atoms with van der Waals surface area (Å²) < 4.78 is 2.05. The van der Waals surface area contributed by atoms with Crippen molar-refractivity contribution < 1.29 is 9.59 Å². The number of aromatic nitrogens is 2. The van der Waals surface area contributed by atoms with E-state index in [9.17, 15) is 9.59 Å². The predicted octanol–water partition coefficient (Wildman–Crippen LogP) is 5.05. The fraction of sp³-hybridized carbons (Fsp3) is 0.385. The molecular formula is C26H28ClN5O2S. The number of aliphatic imine (C=N–C) groups is 1. The molecule has 2 amide bonds. The van der Waals surface area contributed by atoms with Gasteiger partial charge in [0.2, 0.25) is 11.8 Å². The van der Waals surface area contributed by atoms with E-state index in [2.05, 4.69) is 15.9 Å². The summed E-state index contributed by atoms with van der Waals surface area (Å²) in [6.07, 6.45) is 8.51. The van der Waals surface area contributed by atoms with Crippen molar-refractivity contribution in [3.8, 4) is 10.4 Å². The molecule has 1 fully saturated rings. The topological polar surface area (TPSA) is 79.1 Å². The van der Waals surface area contributed by atoms with Crippen LogP contribution in [0.4, 0.5) is 0 Å². The number of benzene rings is 1. The summed E-state index contributed by atoms with van der Waals surface area (Å²) in [4.78, 5) is 38.5. The second kappa shape index (κ2) is 9.59. The smallest absolute Gasteiger partial charge is 0.245 e. The van der Waals surface area contributed by atoms with E-state index in [0.717, 1.165) is 50.2 Å². The van der Waals surface area contributed by atoms with Crippen LogP contribution < -0.4 is 5.32 Å². The first-order valence-electron chi connectivity index (χ1n) is 11.9. The van der Waals surface area contributed by atoms with Crippen LogP contribution in [-0.4, -0.2) is 50.4 Å². The van der Waals surface area contributed by atoms with Gasteiger partial charge in [-0.25, -0.2) is 4.98 Å². The largest absolute Gasteiger partial charge is 0.344 e. The second-order valence-corrected chi connectivity index (χ2v) is 10.9. The summed E-state index contributed by atoms with van der Waals surface area (Å²) in [7, 11) is 0. The summed E-state index contributed by atoms with van der Waals surface area (Å²) in [5.74, 6) is -0.192. The minimum atomic E-state index is -0.516. The summed E-state index contributed by atoms with van der Waals surface area (Å²) in [5.41, 5.74) is 4.08. The van der Waals surface area contributed by atoms with Crippen molar-refractivity contribution >= 4 is 51.0 Å². The molecule has 1 unspecified atom stereocenters. The maximum atomic E-state index is 13.3. The number of thiazole rings is 1. The van der Waals surface area contributed by atoms with Gasteiger partial charge in [-0.15, -0.1) is 0 Å². The fourth-order valence-electron chi connectivity index (χ4n) is 4.79. The van der Waals surface area contributed by atoms with Gasteiger partial charge < -0.3 is 10.2 Å². The van der Waals surface area contributed by atoms with E-state index >= 15 is 0 Å². The Labute approximate surface area is 213 Å². The number of carbonyl (C=O) groups excluding carboxylic acids is 2. The molecule has 2 aromatic heterocycles. The SMILES string of the molecule is CC(=O)N[C@H](C(=O)N1CCCC1C1=NC=C(c2cn3cc(-c4ccc(Cl)cc4)sc3n2)C1)C(C)C. The van der Waals surface area contributed by atoms with Gasteiger partial charge >= 0.3 is 0 Å². The molecule has 2 aliphatic heterocycles. The Morgan fingerprint density at radius 2 is 1.97 bits per heavy atom. The van der Waals surface area contributed by atoms with E-state index in [1.54, 1.807) is 11.3 Å². The molecule has 1 N–H and O–H groups in total. The molecule has 1 saturated heterocycles. The quantitative estimate of drug-likeness (QED) is 0.504. The molecule has 4 heterocycles. The monoisotopic (exact) mass is 509 g/mol. The predicted molar refractivity (Wildman–Crippen MR) is 141 cm³/mol. The van der Waals surface area contributed by atoms with Gasteiger partial charge in [-0.3, -0.25) is 19.0 Å². The van der Waals surface area contributed by atoms with Gasteiger partial charge in [-0.05, 0) is 36.5 Å². The van der Waals surface area contributed by atoms with Gasteiger partial charge in [0, 0.05) is 54.8 Å². The minimum absolute atomic E-state index is 0.0168. The Bertz CT molecular complexity index is 1310. The van der Waals surface area contributed by atoms with Crippen molar-refractivity contribution in [3.05, 3.63) is 53.6 Å². The second-order valence-electron chi connectivity index (χ2n) is 9.48. The van der Waals surface area contributed by atoms with Gasteiger partial charge in [-0.2, -0.15) is 0 Å². The van der Waals surface area contributed by atoms with Gasteiger partial charge in [-0.1, -0.05) is 48.9 Å². The Morgan fingerprint density at radius 1 is 1.20 bits per heavy atom. The van der Waals surface area contributed by atoms with E-state index in [4.69, 9.17) is 21.6 Å². The number of halogens is 1. The molecule has 0 saturated carbocycles. The molecule has 182 valence electrons. The van der Waals surface area contributed by atoms with Crippen molar-refractivity contribution in [2.75, 3.05) is 6.54 Å². The molecule has 9 heteroatoms. The van der Waals surface area contributed by atoms with Gasteiger partial charge in [0.15, 0.2) is 4.96 Å². The molecule has 35 heavy (non-hydrogen) atoms. The number of likely N-dealkylation sites (tertiary alicyclic amines) is 1. The highest BCUT2D eigenvalue weighted by atomic mass is 35.5. The van der Waals surface area contributed by atoms with Crippen LogP contribution in [0.1, 0.15) is 45.7 Å². The zero-order valence-electron chi connectivity index (χ0n) is 20.0. The number of imidazole rings is 1. The number of nitrogens with zero attached hydrogens (tertiary/aromatic N) is 4.